The van der Waals surface area contributed by atoms with E-state index in [4.69, 9.17) is 0 Å². The van der Waals surface area contributed by atoms with Crippen molar-refractivity contribution >= 4 is 5.91 Å². The van der Waals surface area contributed by atoms with Crippen LogP contribution in [0.15, 0.2) is 24.3 Å². The van der Waals surface area contributed by atoms with Crippen molar-refractivity contribution in [2.45, 2.75) is 52.1 Å². The maximum atomic E-state index is 12.4. The van der Waals surface area contributed by atoms with Crippen molar-refractivity contribution in [1.82, 2.24) is 10.2 Å². The van der Waals surface area contributed by atoms with E-state index in [0.29, 0.717) is 6.04 Å². The number of piperidine rings is 1. The molecule has 110 valence electrons. The Kier molecular flexibility index (Phi) is 5.18. The molecule has 3 nitrogen and oxygen atoms in total. The Bertz CT molecular complexity index is 456. The first-order valence-electron chi connectivity index (χ1n) is 7.66. The molecule has 0 spiro atoms. The summed E-state index contributed by atoms with van der Waals surface area (Å²) in [5.41, 5.74) is 2.60. The first-order chi connectivity index (χ1) is 9.56. The molecule has 1 atom stereocenters. The smallest absolute Gasteiger partial charge is 0.239 e. The van der Waals surface area contributed by atoms with Crippen molar-refractivity contribution in [3.05, 3.63) is 35.4 Å². The van der Waals surface area contributed by atoms with Gasteiger partial charge in [0.25, 0.3) is 0 Å². The second kappa shape index (κ2) is 6.89. The number of aryl methyl sites for hydroxylation is 1. The van der Waals surface area contributed by atoms with Crippen LogP contribution in [0.5, 0.6) is 0 Å². The normalized spacial score (nSPS) is 19.7. The zero-order valence-corrected chi connectivity index (χ0v) is 12.9. The van der Waals surface area contributed by atoms with Gasteiger partial charge in [0.05, 0.1) is 6.04 Å². The quantitative estimate of drug-likeness (QED) is 0.895. The molecule has 20 heavy (non-hydrogen) atoms. The van der Waals surface area contributed by atoms with Crippen LogP contribution < -0.4 is 5.32 Å². The molecule has 1 aromatic carbocycles. The maximum Gasteiger partial charge on any atom is 0.239 e. The zero-order chi connectivity index (χ0) is 14.5. The van der Waals surface area contributed by atoms with Gasteiger partial charge >= 0.3 is 0 Å². The van der Waals surface area contributed by atoms with Gasteiger partial charge in [-0.3, -0.25) is 4.79 Å². The third kappa shape index (κ3) is 4.07. The summed E-state index contributed by atoms with van der Waals surface area (Å²) in [5, 5.41) is 3.38. The van der Waals surface area contributed by atoms with E-state index in [1.54, 1.807) is 0 Å². The summed E-state index contributed by atoms with van der Waals surface area (Å²) in [6, 6.07) is 8.93. The zero-order valence-electron chi connectivity index (χ0n) is 12.9. The third-order valence-corrected chi connectivity index (χ3v) is 3.82. The lowest BCUT2D eigenvalue weighted by Crippen LogP contribution is -2.52. The second-order valence-electron chi connectivity index (χ2n) is 6.08. The summed E-state index contributed by atoms with van der Waals surface area (Å²) < 4.78 is 0. The van der Waals surface area contributed by atoms with Gasteiger partial charge in [-0.05, 0) is 31.7 Å². The van der Waals surface area contributed by atoms with Crippen LogP contribution in [0.3, 0.4) is 0 Å². The summed E-state index contributed by atoms with van der Waals surface area (Å²) in [6.07, 6.45) is 3.02. The molecule has 3 heteroatoms. The number of carbonyl (C=O) groups is 1. The number of nitrogens with zero attached hydrogens (tertiary/aromatic N) is 1. The Morgan fingerprint density at radius 3 is 2.90 bits per heavy atom. The van der Waals surface area contributed by atoms with E-state index < -0.39 is 0 Å². The Morgan fingerprint density at radius 1 is 1.40 bits per heavy atom. The van der Waals surface area contributed by atoms with Crippen LogP contribution in [0.4, 0.5) is 0 Å². The van der Waals surface area contributed by atoms with E-state index in [1.807, 2.05) is 4.90 Å². The fourth-order valence-corrected chi connectivity index (χ4v) is 2.85. The highest BCUT2D eigenvalue weighted by Gasteiger charge is 2.28. The molecule has 0 aromatic heterocycles. The van der Waals surface area contributed by atoms with Crippen LogP contribution in [-0.2, 0) is 11.2 Å². The monoisotopic (exact) mass is 274 g/mol. The predicted octanol–water partition coefficient (Wildman–Crippen LogP) is 2.53. The molecule has 0 bridgehead atoms. The average molecular weight is 274 g/mol. The van der Waals surface area contributed by atoms with Gasteiger partial charge in [-0.15, -0.1) is 0 Å². The third-order valence-electron chi connectivity index (χ3n) is 3.82. The number of carbonyl (C=O) groups excluding carboxylic acids is 1. The molecule has 0 radical (unpaired) electrons. The number of rotatable bonds is 5. The van der Waals surface area contributed by atoms with Gasteiger partial charge in [-0.2, -0.15) is 0 Å². The number of likely N-dealkylation sites (tertiary alicyclic amines) is 1. The van der Waals surface area contributed by atoms with Crippen molar-refractivity contribution in [2.24, 2.45) is 0 Å². The molecule has 1 amide bonds. The standard InChI is InChI=1S/C17H26N2O/c1-13(2)18-16-8-5-10-19(17(16)20)11-9-15-7-4-6-14(3)12-15/h4,6-7,12-13,16,18H,5,8-11H2,1-3H3. The molecule has 1 unspecified atom stereocenters. The minimum atomic E-state index is 0.0151. The topological polar surface area (TPSA) is 32.3 Å². The fraction of sp³-hybridized carbons (Fsp3) is 0.588. The molecule has 1 fully saturated rings. The number of nitrogens with one attached hydrogen (secondary N) is 1. The van der Waals surface area contributed by atoms with Crippen LogP contribution in [0.25, 0.3) is 0 Å². The lowest BCUT2D eigenvalue weighted by molar-refractivity contribution is -0.136. The molecule has 2 rings (SSSR count). The SMILES string of the molecule is Cc1cccc(CCN2CCCC(NC(C)C)C2=O)c1. The van der Waals surface area contributed by atoms with E-state index in [9.17, 15) is 4.79 Å². The summed E-state index contributed by atoms with van der Waals surface area (Å²) in [5.74, 6) is 0.276. The van der Waals surface area contributed by atoms with E-state index in [1.165, 1.54) is 11.1 Å². The van der Waals surface area contributed by atoms with Gasteiger partial charge in [0.1, 0.15) is 0 Å². The molecule has 1 aromatic rings. The van der Waals surface area contributed by atoms with Crippen molar-refractivity contribution < 1.29 is 4.79 Å². The Labute approximate surface area is 122 Å². The van der Waals surface area contributed by atoms with Gasteiger partial charge in [-0.25, -0.2) is 0 Å². The largest absolute Gasteiger partial charge is 0.341 e. The second-order valence-corrected chi connectivity index (χ2v) is 6.08. The van der Waals surface area contributed by atoms with Gasteiger partial charge in [0.2, 0.25) is 5.91 Å². The highest BCUT2D eigenvalue weighted by atomic mass is 16.2. The molecule has 1 N–H and O–H groups in total. The molecule has 1 saturated heterocycles. The van der Waals surface area contributed by atoms with Crippen molar-refractivity contribution in [3.63, 3.8) is 0 Å². The Morgan fingerprint density at radius 2 is 2.20 bits per heavy atom. The average Bonchev–Trinajstić information content (AvgIpc) is 2.39. The molecule has 0 aliphatic carbocycles. The Balaban J connectivity index is 1.90. The number of hydrogen-bond acceptors (Lipinski definition) is 2. The molecule has 1 heterocycles. The van der Waals surface area contributed by atoms with Crippen LogP contribution in [0.2, 0.25) is 0 Å². The van der Waals surface area contributed by atoms with E-state index >= 15 is 0 Å². The molecule has 0 saturated carbocycles. The van der Waals surface area contributed by atoms with E-state index in [2.05, 4.69) is 50.4 Å². The van der Waals surface area contributed by atoms with Crippen molar-refractivity contribution in [2.75, 3.05) is 13.1 Å². The maximum absolute atomic E-state index is 12.4. The van der Waals surface area contributed by atoms with Crippen LogP contribution in [0, 0.1) is 6.92 Å². The van der Waals surface area contributed by atoms with Crippen molar-refractivity contribution in [3.8, 4) is 0 Å². The predicted molar refractivity (Wildman–Crippen MR) is 82.8 cm³/mol. The minimum Gasteiger partial charge on any atom is -0.341 e. The van der Waals surface area contributed by atoms with E-state index in [-0.39, 0.29) is 11.9 Å². The number of amides is 1. The first kappa shape index (κ1) is 15.0. The molecular formula is C17H26N2O. The van der Waals surface area contributed by atoms with Gasteiger partial charge in [0, 0.05) is 19.1 Å². The van der Waals surface area contributed by atoms with Gasteiger partial charge < -0.3 is 10.2 Å². The number of benzene rings is 1. The summed E-state index contributed by atoms with van der Waals surface area (Å²) in [6.45, 7) is 8.04. The minimum absolute atomic E-state index is 0.0151. The van der Waals surface area contributed by atoms with Gasteiger partial charge in [-0.1, -0.05) is 43.7 Å². The number of hydrogen-bond donors (Lipinski definition) is 1. The Hall–Kier alpha value is -1.35. The van der Waals surface area contributed by atoms with Crippen molar-refractivity contribution in [1.29, 1.82) is 0 Å². The fourth-order valence-electron chi connectivity index (χ4n) is 2.85. The van der Waals surface area contributed by atoms with Gasteiger partial charge in [0.15, 0.2) is 0 Å². The summed E-state index contributed by atoms with van der Waals surface area (Å²) >= 11 is 0. The molecule has 1 aliphatic heterocycles. The van der Waals surface area contributed by atoms with Crippen LogP contribution in [-0.4, -0.2) is 36.0 Å². The lowest BCUT2D eigenvalue weighted by atomic mass is 10.0. The van der Waals surface area contributed by atoms with Crippen LogP contribution >= 0.6 is 0 Å². The van der Waals surface area contributed by atoms with Crippen LogP contribution in [0.1, 0.15) is 37.8 Å². The summed E-state index contributed by atoms with van der Waals surface area (Å²) in [7, 11) is 0. The highest BCUT2D eigenvalue weighted by Crippen LogP contribution is 2.14. The summed E-state index contributed by atoms with van der Waals surface area (Å²) in [4.78, 5) is 14.4. The van der Waals surface area contributed by atoms with E-state index in [0.717, 1.165) is 32.4 Å². The first-order valence-corrected chi connectivity index (χ1v) is 7.66. The highest BCUT2D eigenvalue weighted by molar-refractivity contribution is 5.82. The molecule has 1 aliphatic rings. The molecular weight excluding hydrogens is 248 g/mol. The lowest BCUT2D eigenvalue weighted by Gasteiger charge is -2.33.